The standard InChI is InChI=1S/C13H10F6N4.C10H10F2O/c1-20-11-22-9(13(17,18)19)6-10(23-11)21-8-4-2-3-7(5-8)12(14,15)16;1-3-8-4-6-9(7-5-8)13-10(2,11)12/h2-6H,1H3,(H2,20,21,22,23);3-7H,1H2,2H3. The fourth-order valence-corrected chi connectivity index (χ4v) is 2.57. The summed E-state index contributed by atoms with van der Waals surface area (Å²) >= 11 is 0. The SMILES string of the molecule is C=Cc1ccc(OC(C)(F)F)cc1.CNc1nc(Nc2cccc(C(F)(F)F)c2)cc(C(F)(F)F)n1. The molecule has 0 radical (unpaired) electrons. The van der Waals surface area contributed by atoms with E-state index in [2.05, 4.69) is 31.9 Å². The predicted octanol–water partition coefficient (Wildman–Crippen LogP) is 7.62. The first-order valence-corrected chi connectivity index (χ1v) is 9.98. The zero-order valence-corrected chi connectivity index (χ0v) is 18.8. The van der Waals surface area contributed by atoms with Crippen LogP contribution in [0.1, 0.15) is 23.7 Å². The molecule has 5 nitrogen and oxygen atoms in total. The minimum Gasteiger partial charge on any atom is -0.433 e. The molecule has 0 aliphatic rings. The third-order valence-corrected chi connectivity index (χ3v) is 4.12. The van der Waals surface area contributed by atoms with Gasteiger partial charge in [-0.2, -0.15) is 40.1 Å². The molecule has 13 heteroatoms. The van der Waals surface area contributed by atoms with Gasteiger partial charge in [-0.25, -0.2) is 4.98 Å². The molecule has 2 aromatic carbocycles. The van der Waals surface area contributed by atoms with Crippen LogP contribution in [0.5, 0.6) is 5.75 Å². The molecule has 0 unspecified atom stereocenters. The maximum atomic E-state index is 12.7. The Morgan fingerprint density at radius 2 is 1.50 bits per heavy atom. The molecule has 3 aromatic rings. The Morgan fingerprint density at radius 3 is 2.00 bits per heavy atom. The molecule has 0 aliphatic carbocycles. The van der Waals surface area contributed by atoms with E-state index in [-0.39, 0.29) is 23.2 Å². The summed E-state index contributed by atoms with van der Waals surface area (Å²) in [5, 5.41) is 4.77. The average Bonchev–Trinajstić information content (AvgIpc) is 2.78. The summed E-state index contributed by atoms with van der Waals surface area (Å²) in [6, 6.07) is 10.9. The van der Waals surface area contributed by atoms with Crippen LogP contribution in [0.4, 0.5) is 52.6 Å². The van der Waals surface area contributed by atoms with Crippen molar-refractivity contribution in [1.82, 2.24) is 9.97 Å². The molecule has 3 rings (SSSR count). The van der Waals surface area contributed by atoms with Gasteiger partial charge in [0.2, 0.25) is 5.95 Å². The van der Waals surface area contributed by atoms with E-state index in [9.17, 15) is 35.1 Å². The van der Waals surface area contributed by atoms with Crippen LogP contribution in [0.15, 0.2) is 61.2 Å². The van der Waals surface area contributed by atoms with E-state index in [1.165, 1.54) is 25.2 Å². The van der Waals surface area contributed by atoms with Gasteiger partial charge in [0, 0.05) is 25.7 Å². The molecule has 36 heavy (non-hydrogen) atoms. The number of rotatable bonds is 6. The highest BCUT2D eigenvalue weighted by Crippen LogP contribution is 2.33. The molecule has 0 amide bonds. The summed E-state index contributed by atoms with van der Waals surface area (Å²) in [5.41, 5.74) is -1.33. The summed E-state index contributed by atoms with van der Waals surface area (Å²) in [6.45, 7) is 4.25. The smallest absolute Gasteiger partial charge is 0.433 e. The Morgan fingerprint density at radius 1 is 0.861 bits per heavy atom. The van der Waals surface area contributed by atoms with Crippen LogP contribution in [0.3, 0.4) is 0 Å². The van der Waals surface area contributed by atoms with E-state index < -0.39 is 29.7 Å². The summed E-state index contributed by atoms with van der Waals surface area (Å²) in [7, 11) is 1.32. The Kier molecular flexibility index (Phi) is 8.84. The van der Waals surface area contributed by atoms with Gasteiger partial charge in [-0.3, -0.25) is 0 Å². The molecule has 0 atom stereocenters. The number of ether oxygens (including phenoxy) is 1. The van der Waals surface area contributed by atoms with E-state index >= 15 is 0 Å². The summed E-state index contributed by atoms with van der Waals surface area (Å²) < 4.78 is 105. The van der Waals surface area contributed by atoms with Crippen molar-refractivity contribution in [1.29, 1.82) is 0 Å². The van der Waals surface area contributed by atoms with Crippen LogP contribution >= 0.6 is 0 Å². The second-order valence-corrected chi connectivity index (χ2v) is 7.10. The quantitative estimate of drug-likeness (QED) is 0.328. The third kappa shape index (κ3) is 9.04. The van der Waals surface area contributed by atoms with Crippen molar-refractivity contribution in [2.24, 2.45) is 0 Å². The lowest BCUT2D eigenvalue weighted by atomic mass is 10.2. The minimum absolute atomic E-state index is 0.0475. The van der Waals surface area contributed by atoms with Gasteiger partial charge in [-0.05, 0) is 35.9 Å². The maximum absolute atomic E-state index is 12.7. The maximum Gasteiger partial charge on any atom is 0.433 e. The lowest BCUT2D eigenvalue weighted by Gasteiger charge is -2.13. The zero-order chi connectivity index (χ0) is 27.1. The first kappa shape index (κ1) is 28.3. The van der Waals surface area contributed by atoms with Gasteiger partial charge >= 0.3 is 18.5 Å². The number of hydrogen-bond acceptors (Lipinski definition) is 5. The lowest BCUT2D eigenvalue weighted by Crippen LogP contribution is -2.18. The first-order valence-electron chi connectivity index (χ1n) is 9.98. The molecule has 0 spiro atoms. The predicted molar refractivity (Wildman–Crippen MR) is 119 cm³/mol. The van der Waals surface area contributed by atoms with E-state index in [1.807, 2.05) is 0 Å². The molecule has 2 N–H and O–H groups in total. The topological polar surface area (TPSA) is 59.1 Å². The number of nitrogens with one attached hydrogen (secondary N) is 2. The molecule has 0 fully saturated rings. The van der Waals surface area contributed by atoms with Gasteiger partial charge in [-0.15, -0.1) is 0 Å². The second kappa shape index (κ2) is 11.2. The van der Waals surface area contributed by atoms with Crippen molar-refractivity contribution in [3.63, 3.8) is 0 Å². The average molecular weight is 520 g/mol. The van der Waals surface area contributed by atoms with Gasteiger partial charge in [-0.1, -0.05) is 30.9 Å². The molecule has 1 heterocycles. The molecule has 0 saturated carbocycles. The largest absolute Gasteiger partial charge is 0.433 e. The molecule has 0 aliphatic heterocycles. The lowest BCUT2D eigenvalue weighted by molar-refractivity contribution is -0.159. The molecule has 194 valence electrons. The summed E-state index contributed by atoms with van der Waals surface area (Å²) in [5.74, 6) is -0.441. The zero-order valence-electron chi connectivity index (χ0n) is 18.8. The highest BCUT2D eigenvalue weighted by atomic mass is 19.4. The highest BCUT2D eigenvalue weighted by Gasteiger charge is 2.34. The number of anilines is 3. The molecular weight excluding hydrogens is 500 g/mol. The van der Waals surface area contributed by atoms with Crippen LogP contribution in [0.2, 0.25) is 0 Å². The number of hydrogen-bond donors (Lipinski definition) is 2. The van der Waals surface area contributed by atoms with Gasteiger partial charge in [0.05, 0.1) is 5.56 Å². The monoisotopic (exact) mass is 520 g/mol. The van der Waals surface area contributed by atoms with Crippen molar-refractivity contribution in [3.05, 3.63) is 78.0 Å². The Bertz CT molecular complexity index is 1160. The Balaban J connectivity index is 0.000000297. The fourth-order valence-electron chi connectivity index (χ4n) is 2.57. The molecule has 0 bridgehead atoms. The Hall–Kier alpha value is -3.90. The van der Waals surface area contributed by atoms with Crippen LogP contribution in [-0.4, -0.2) is 23.1 Å². The third-order valence-electron chi connectivity index (χ3n) is 4.12. The van der Waals surface area contributed by atoms with Gasteiger partial charge in [0.25, 0.3) is 0 Å². The summed E-state index contributed by atoms with van der Waals surface area (Å²) in [4.78, 5) is 6.99. The number of alkyl halides is 8. The van der Waals surface area contributed by atoms with Gasteiger partial charge in [0.1, 0.15) is 11.6 Å². The second-order valence-electron chi connectivity index (χ2n) is 7.10. The van der Waals surface area contributed by atoms with Gasteiger partial charge in [0.15, 0.2) is 5.69 Å². The van der Waals surface area contributed by atoms with Crippen LogP contribution in [0.25, 0.3) is 6.08 Å². The number of aromatic nitrogens is 2. The fraction of sp³-hybridized carbons (Fsp3) is 0.217. The molecule has 1 aromatic heterocycles. The Labute approximate surface area is 200 Å². The van der Waals surface area contributed by atoms with Crippen molar-refractivity contribution in [2.75, 3.05) is 17.7 Å². The summed E-state index contributed by atoms with van der Waals surface area (Å²) in [6.07, 6.45) is -10.8. The van der Waals surface area contributed by atoms with Crippen molar-refractivity contribution < 1.29 is 39.9 Å². The van der Waals surface area contributed by atoms with Crippen molar-refractivity contribution in [2.45, 2.75) is 25.4 Å². The van der Waals surface area contributed by atoms with E-state index in [1.54, 1.807) is 18.2 Å². The van der Waals surface area contributed by atoms with Crippen molar-refractivity contribution >= 4 is 23.5 Å². The van der Waals surface area contributed by atoms with Crippen LogP contribution < -0.4 is 15.4 Å². The number of halogens is 8. The van der Waals surface area contributed by atoms with E-state index in [4.69, 9.17) is 0 Å². The number of nitrogens with zero attached hydrogens (tertiary/aromatic N) is 2. The van der Waals surface area contributed by atoms with Gasteiger partial charge < -0.3 is 15.4 Å². The normalized spacial score (nSPS) is 11.7. The minimum atomic E-state index is -4.71. The number of benzene rings is 2. The van der Waals surface area contributed by atoms with Crippen LogP contribution in [0, 0.1) is 0 Å². The van der Waals surface area contributed by atoms with E-state index in [0.29, 0.717) is 13.0 Å². The highest BCUT2D eigenvalue weighted by molar-refractivity contribution is 5.59. The van der Waals surface area contributed by atoms with Crippen molar-refractivity contribution in [3.8, 4) is 5.75 Å². The molecule has 0 saturated heterocycles. The first-order chi connectivity index (χ1) is 16.6. The molecular formula is C23H20F8N4O. The van der Waals surface area contributed by atoms with E-state index in [0.717, 1.165) is 23.8 Å². The van der Waals surface area contributed by atoms with Crippen LogP contribution in [-0.2, 0) is 12.4 Å².